The molecule has 6 heteroatoms. The summed E-state index contributed by atoms with van der Waals surface area (Å²) in [6.07, 6.45) is 5.98. The zero-order valence-corrected chi connectivity index (χ0v) is 18.1. The molecule has 1 saturated heterocycles. The van der Waals surface area contributed by atoms with Crippen molar-refractivity contribution in [1.29, 1.82) is 0 Å². The average Bonchev–Trinajstić information content (AvgIpc) is 3.29. The van der Waals surface area contributed by atoms with Crippen LogP contribution in [0.4, 0.5) is 11.6 Å². The summed E-state index contributed by atoms with van der Waals surface area (Å²) >= 11 is 0. The first kappa shape index (κ1) is 19.8. The third kappa shape index (κ3) is 4.08. The third-order valence-corrected chi connectivity index (χ3v) is 6.36. The smallest absolute Gasteiger partial charge is 0.241 e. The Morgan fingerprint density at radius 1 is 0.968 bits per heavy atom. The Kier molecular flexibility index (Phi) is 5.47. The standard InChI is InChI=1S/C25H29N5O/c1-20-8-10-22(11-9-20)29-14-12-26-25(29)28-17-15-27(16-18-28)19-24(31)30-13-4-6-21-5-2-3-7-23(21)30/h2-3,5,7-12,14H,4,6,13,15-19H2,1H3. The van der Waals surface area contributed by atoms with Gasteiger partial charge in [-0.15, -0.1) is 0 Å². The molecule has 0 bridgehead atoms. The van der Waals surface area contributed by atoms with Gasteiger partial charge in [-0.1, -0.05) is 35.9 Å². The van der Waals surface area contributed by atoms with Crippen LogP contribution in [-0.2, 0) is 11.2 Å². The highest BCUT2D eigenvalue weighted by molar-refractivity contribution is 5.96. The van der Waals surface area contributed by atoms with E-state index in [1.165, 1.54) is 11.1 Å². The summed E-state index contributed by atoms with van der Waals surface area (Å²) in [7, 11) is 0. The molecule has 2 aliphatic rings. The summed E-state index contributed by atoms with van der Waals surface area (Å²) in [4.78, 5) is 24.2. The van der Waals surface area contributed by atoms with Crippen LogP contribution in [0.15, 0.2) is 60.9 Å². The van der Waals surface area contributed by atoms with Gasteiger partial charge in [0, 0.05) is 56.5 Å². The van der Waals surface area contributed by atoms with Crippen molar-refractivity contribution in [2.45, 2.75) is 19.8 Å². The molecular formula is C25H29N5O. The Hall–Kier alpha value is -3.12. The number of hydrogen-bond acceptors (Lipinski definition) is 4. The van der Waals surface area contributed by atoms with E-state index in [4.69, 9.17) is 0 Å². The van der Waals surface area contributed by atoms with Gasteiger partial charge in [0.05, 0.1) is 6.54 Å². The number of benzene rings is 2. The molecule has 3 heterocycles. The number of anilines is 2. The van der Waals surface area contributed by atoms with Crippen LogP contribution >= 0.6 is 0 Å². The average molecular weight is 416 g/mol. The predicted octanol–water partition coefficient (Wildman–Crippen LogP) is 3.28. The number of carbonyl (C=O) groups excluding carboxylic acids is 1. The first-order valence-corrected chi connectivity index (χ1v) is 11.1. The number of imidazole rings is 1. The molecule has 0 radical (unpaired) electrons. The van der Waals surface area contributed by atoms with Gasteiger partial charge in [-0.3, -0.25) is 14.3 Å². The number of rotatable bonds is 4. The van der Waals surface area contributed by atoms with Crippen molar-refractivity contribution in [2.75, 3.05) is 49.1 Å². The molecule has 1 aromatic heterocycles. The number of piperazine rings is 1. The lowest BCUT2D eigenvalue weighted by Crippen LogP contribution is -2.51. The molecule has 6 nitrogen and oxygen atoms in total. The lowest BCUT2D eigenvalue weighted by molar-refractivity contribution is -0.119. The number of nitrogens with zero attached hydrogens (tertiary/aromatic N) is 5. The van der Waals surface area contributed by atoms with Gasteiger partial charge in [0.1, 0.15) is 0 Å². The van der Waals surface area contributed by atoms with E-state index in [0.29, 0.717) is 6.54 Å². The summed E-state index contributed by atoms with van der Waals surface area (Å²) in [5.74, 6) is 1.18. The van der Waals surface area contributed by atoms with Crippen LogP contribution in [0.1, 0.15) is 17.5 Å². The highest BCUT2D eigenvalue weighted by Crippen LogP contribution is 2.27. The summed E-state index contributed by atoms with van der Waals surface area (Å²) in [5, 5.41) is 0. The molecule has 0 unspecified atom stereocenters. The second-order valence-corrected chi connectivity index (χ2v) is 8.47. The van der Waals surface area contributed by atoms with E-state index in [-0.39, 0.29) is 5.91 Å². The monoisotopic (exact) mass is 415 g/mol. The predicted molar refractivity (Wildman–Crippen MR) is 124 cm³/mol. The minimum atomic E-state index is 0.210. The zero-order valence-electron chi connectivity index (χ0n) is 18.1. The van der Waals surface area contributed by atoms with E-state index >= 15 is 0 Å². The first-order valence-electron chi connectivity index (χ1n) is 11.1. The molecule has 0 atom stereocenters. The van der Waals surface area contributed by atoms with Gasteiger partial charge in [0.25, 0.3) is 0 Å². The lowest BCUT2D eigenvalue weighted by atomic mass is 10.0. The van der Waals surface area contributed by atoms with Gasteiger partial charge in [-0.2, -0.15) is 0 Å². The maximum atomic E-state index is 13.1. The molecule has 0 aliphatic carbocycles. The number of hydrogen-bond donors (Lipinski definition) is 0. The van der Waals surface area contributed by atoms with Crippen LogP contribution in [0.3, 0.4) is 0 Å². The molecule has 0 saturated carbocycles. The van der Waals surface area contributed by atoms with Crippen molar-refractivity contribution < 1.29 is 4.79 Å². The minimum Gasteiger partial charge on any atom is -0.339 e. The number of fused-ring (bicyclic) bond motifs is 1. The van der Waals surface area contributed by atoms with Gasteiger partial charge in [0.2, 0.25) is 11.9 Å². The van der Waals surface area contributed by atoms with Gasteiger partial charge in [-0.05, 0) is 43.5 Å². The molecule has 1 amide bonds. The van der Waals surface area contributed by atoms with Gasteiger partial charge in [0.15, 0.2) is 0 Å². The van der Waals surface area contributed by atoms with Crippen molar-refractivity contribution in [3.63, 3.8) is 0 Å². The Labute approximate surface area is 183 Å². The highest BCUT2D eigenvalue weighted by Gasteiger charge is 2.26. The molecule has 2 aliphatic heterocycles. The Morgan fingerprint density at radius 3 is 2.55 bits per heavy atom. The summed E-state index contributed by atoms with van der Waals surface area (Å²) in [6.45, 7) is 6.86. The van der Waals surface area contributed by atoms with Gasteiger partial charge < -0.3 is 9.80 Å². The SMILES string of the molecule is Cc1ccc(-n2ccnc2N2CCN(CC(=O)N3CCCc4ccccc43)CC2)cc1. The maximum absolute atomic E-state index is 13.1. The van der Waals surface area contributed by atoms with Crippen molar-refractivity contribution >= 4 is 17.5 Å². The van der Waals surface area contributed by atoms with E-state index < -0.39 is 0 Å². The molecule has 2 aromatic carbocycles. The second kappa shape index (κ2) is 8.55. The van der Waals surface area contributed by atoms with Crippen LogP contribution in [0.2, 0.25) is 0 Å². The van der Waals surface area contributed by atoms with Crippen LogP contribution < -0.4 is 9.80 Å². The molecule has 31 heavy (non-hydrogen) atoms. The summed E-state index contributed by atoms with van der Waals surface area (Å²) in [5.41, 5.74) is 4.76. The fraction of sp³-hybridized carbons (Fsp3) is 0.360. The number of para-hydroxylation sites is 1. The van der Waals surface area contributed by atoms with E-state index in [2.05, 4.69) is 68.7 Å². The molecule has 160 valence electrons. The number of amides is 1. The van der Waals surface area contributed by atoms with Gasteiger partial charge >= 0.3 is 0 Å². The second-order valence-electron chi connectivity index (χ2n) is 8.47. The Morgan fingerprint density at radius 2 is 1.74 bits per heavy atom. The largest absolute Gasteiger partial charge is 0.339 e. The molecular weight excluding hydrogens is 386 g/mol. The summed E-state index contributed by atoms with van der Waals surface area (Å²) < 4.78 is 2.14. The van der Waals surface area contributed by atoms with Crippen molar-refractivity contribution in [3.8, 4) is 5.69 Å². The Balaban J connectivity index is 1.22. The fourth-order valence-electron chi connectivity index (χ4n) is 4.61. The number of aromatic nitrogens is 2. The number of aryl methyl sites for hydroxylation is 2. The quantitative estimate of drug-likeness (QED) is 0.656. The van der Waals surface area contributed by atoms with Crippen LogP contribution in [0.25, 0.3) is 5.69 Å². The molecule has 0 N–H and O–H groups in total. The van der Waals surface area contributed by atoms with Crippen molar-refractivity contribution in [3.05, 3.63) is 72.1 Å². The molecule has 0 spiro atoms. The summed E-state index contributed by atoms with van der Waals surface area (Å²) in [6, 6.07) is 16.8. The number of carbonyl (C=O) groups is 1. The van der Waals surface area contributed by atoms with Crippen molar-refractivity contribution in [1.82, 2.24) is 14.5 Å². The first-order chi connectivity index (χ1) is 15.2. The molecule has 1 fully saturated rings. The lowest BCUT2D eigenvalue weighted by Gasteiger charge is -2.37. The normalized spacial score (nSPS) is 16.9. The topological polar surface area (TPSA) is 44.6 Å². The van der Waals surface area contributed by atoms with E-state index in [1.807, 2.05) is 23.4 Å². The van der Waals surface area contributed by atoms with E-state index in [0.717, 1.165) is 62.9 Å². The van der Waals surface area contributed by atoms with Crippen molar-refractivity contribution in [2.24, 2.45) is 0 Å². The Bertz CT molecular complexity index is 1050. The molecule has 5 rings (SSSR count). The molecule has 3 aromatic rings. The van der Waals surface area contributed by atoms with E-state index in [9.17, 15) is 4.79 Å². The van der Waals surface area contributed by atoms with Gasteiger partial charge in [-0.25, -0.2) is 4.98 Å². The van der Waals surface area contributed by atoms with E-state index in [1.54, 1.807) is 0 Å². The maximum Gasteiger partial charge on any atom is 0.241 e. The van der Waals surface area contributed by atoms with Crippen LogP contribution in [-0.4, -0.2) is 59.6 Å². The van der Waals surface area contributed by atoms with Crippen LogP contribution in [0.5, 0.6) is 0 Å². The minimum absolute atomic E-state index is 0.210. The fourth-order valence-corrected chi connectivity index (χ4v) is 4.61. The zero-order chi connectivity index (χ0) is 21.2. The highest BCUT2D eigenvalue weighted by atomic mass is 16.2. The van der Waals surface area contributed by atoms with Crippen LogP contribution in [0, 0.1) is 6.92 Å². The third-order valence-electron chi connectivity index (χ3n) is 6.36.